The molecule has 2 aromatic rings. The third-order valence-corrected chi connectivity index (χ3v) is 3.49. The minimum absolute atomic E-state index is 0.0339. The monoisotopic (exact) mass is 362 g/mol. The number of carbonyl (C=O) groups excluding carboxylic acids is 2. The normalized spacial score (nSPS) is 11.2. The second-order valence-electron chi connectivity index (χ2n) is 6.40. The van der Waals surface area contributed by atoms with E-state index < -0.39 is 17.7 Å². The predicted molar refractivity (Wildman–Crippen MR) is 93.9 cm³/mol. The molecule has 1 aromatic heterocycles. The number of benzene rings is 1. The number of rotatable bonds is 3. The van der Waals surface area contributed by atoms with Gasteiger partial charge in [0.15, 0.2) is 0 Å². The Morgan fingerprint density at radius 2 is 1.96 bits per heavy atom. The van der Waals surface area contributed by atoms with Crippen molar-refractivity contribution in [1.29, 1.82) is 5.26 Å². The molecule has 0 saturated carbocycles. The largest absolute Gasteiger partial charge is 0.461 e. The highest BCUT2D eigenvalue weighted by atomic mass is 35.5. The maximum absolute atomic E-state index is 12.7. The van der Waals surface area contributed by atoms with Gasteiger partial charge < -0.3 is 9.47 Å². The maximum atomic E-state index is 12.7. The first-order valence-electron chi connectivity index (χ1n) is 7.79. The molecule has 0 radical (unpaired) electrons. The molecule has 132 valence electrons. The van der Waals surface area contributed by atoms with Crippen LogP contribution in [0, 0.1) is 11.3 Å². The standard InChI is InChI=1S/C18H19ClN2O4/c1-5-24-16(22)14-10-12-9-13(19)8-11(6-7-20)15(12)21(14)17(23)25-18(2,3)4/h8-10H,5-6H2,1-4H3. The molecular weight excluding hydrogens is 344 g/mol. The van der Waals surface area contributed by atoms with Crippen molar-refractivity contribution in [3.63, 3.8) is 0 Å². The van der Waals surface area contributed by atoms with E-state index in [4.69, 9.17) is 26.3 Å². The highest BCUT2D eigenvalue weighted by Crippen LogP contribution is 2.29. The van der Waals surface area contributed by atoms with Crippen molar-refractivity contribution < 1.29 is 19.1 Å². The first kappa shape index (κ1) is 18.8. The van der Waals surface area contributed by atoms with E-state index in [-0.39, 0.29) is 18.7 Å². The van der Waals surface area contributed by atoms with E-state index in [0.29, 0.717) is 21.5 Å². The topological polar surface area (TPSA) is 81.3 Å². The van der Waals surface area contributed by atoms with Crippen molar-refractivity contribution in [2.45, 2.75) is 39.7 Å². The maximum Gasteiger partial charge on any atom is 0.419 e. The quantitative estimate of drug-likeness (QED) is 0.759. The molecule has 7 heteroatoms. The fraction of sp³-hybridized carbons (Fsp3) is 0.389. The fourth-order valence-electron chi connectivity index (χ4n) is 2.47. The minimum Gasteiger partial charge on any atom is -0.461 e. The molecular formula is C18H19ClN2O4. The first-order chi connectivity index (χ1) is 11.7. The lowest BCUT2D eigenvalue weighted by Gasteiger charge is -2.21. The average molecular weight is 363 g/mol. The number of carbonyl (C=O) groups is 2. The second kappa shape index (κ2) is 7.16. The Bertz CT molecular complexity index is 872. The summed E-state index contributed by atoms with van der Waals surface area (Å²) >= 11 is 6.10. The van der Waals surface area contributed by atoms with Gasteiger partial charge >= 0.3 is 12.1 Å². The zero-order valence-electron chi connectivity index (χ0n) is 14.6. The van der Waals surface area contributed by atoms with Gasteiger partial charge in [-0.25, -0.2) is 14.2 Å². The number of nitrogens with zero attached hydrogens (tertiary/aromatic N) is 2. The van der Waals surface area contributed by atoms with Crippen LogP contribution in [0.1, 0.15) is 43.7 Å². The number of hydrogen-bond acceptors (Lipinski definition) is 5. The molecule has 0 aliphatic carbocycles. The SMILES string of the molecule is CCOC(=O)c1cc2cc(Cl)cc(CC#N)c2n1C(=O)OC(C)(C)C. The Labute approximate surface area is 150 Å². The Morgan fingerprint density at radius 3 is 2.52 bits per heavy atom. The molecule has 1 aromatic carbocycles. The van der Waals surface area contributed by atoms with E-state index in [1.165, 1.54) is 6.07 Å². The summed E-state index contributed by atoms with van der Waals surface area (Å²) in [7, 11) is 0. The highest BCUT2D eigenvalue weighted by molar-refractivity contribution is 6.31. The second-order valence-corrected chi connectivity index (χ2v) is 6.84. The molecule has 0 aliphatic rings. The van der Waals surface area contributed by atoms with Crippen molar-refractivity contribution in [1.82, 2.24) is 4.57 Å². The fourth-order valence-corrected chi connectivity index (χ4v) is 2.72. The van der Waals surface area contributed by atoms with Crippen LogP contribution in [0.2, 0.25) is 5.02 Å². The van der Waals surface area contributed by atoms with Gasteiger partial charge in [-0.3, -0.25) is 0 Å². The van der Waals surface area contributed by atoms with Crippen LogP contribution in [0.3, 0.4) is 0 Å². The molecule has 0 N–H and O–H groups in total. The van der Waals surface area contributed by atoms with Gasteiger partial charge in [0.1, 0.15) is 11.3 Å². The number of halogens is 1. The van der Waals surface area contributed by atoms with Gasteiger partial charge in [-0.1, -0.05) is 11.6 Å². The number of hydrogen-bond donors (Lipinski definition) is 0. The van der Waals surface area contributed by atoms with Crippen molar-refractivity contribution in [3.05, 3.63) is 34.5 Å². The molecule has 6 nitrogen and oxygen atoms in total. The molecule has 1 heterocycles. The lowest BCUT2D eigenvalue weighted by atomic mass is 10.1. The summed E-state index contributed by atoms with van der Waals surface area (Å²) in [6, 6.07) is 6.79. The molecule has 0 saturated heterocycles. The molecule has 0 spiro atoms. The van der Waals surface area contributed by atoms with Gasteiger partial charge in [-0.2, -0.15) is 5.26 Å². The lowest BCUT2D eigenvalue weighted by Crippen LogP contribution is -2.29. The summed E-state index contributed by atoms with van der Waals surface area (Å²) in [5.74, 6) is -0.649. The molecule has 25 heavy (non-hydrogen) atoms. The van der Waals surface area contributed by atoms with Crippen molar-refractivity contribution in [2.75, 3.05) is 6.61 Å². The van der Waals surface area contributed by atoms with Crippen LogP contribution in [0.5, 0.6) is 0 Å². The number of ether oxygens (including phenoxy) is 2. The van der Waals surface area contributed by atoms with Gasteiger partial charge in [0.05, 0.1) is 24.6 Å². The summed E-state index contributed by atoms with van der Waals surface area (Å²) in [6.07, 6.45) is -0.682. The van der Waals surface area contributed by atoms with Crippen molar-refractivity contribution in [2.24, 2.45) is 0 Å². The van der Waals surface area contributed by atoms with E-state index in [0.717, 1.165) is 4.57 Å². The van der Waals surface area contributed by atoms with E-state index in [1.54, 1.807) is 39.8 Å². The van der Waals surface area contributed by atoms with Crippen LogP contribution in [0.25, 0.3) is 10.9 Å². The average Bonchev–Trinajstić information content (AvgIpc) is 2.85. The third-order valence-electron chi connectivity index (χ3n) is 3.27. The Morgan fingerprint density at radius 1 is 1.28 bits per heavy atom. The summed E-state index contributed by atoms with van der Waals surface area (Å²) in [4.78, 5) is 25.0. The number of nitriles is 1. The molecule has 2 rings (SSSR count). The summed E-state index contributed by atoms with van der Waals surface area (Å²) < 4.78 is 11.6. The molecule has 0 bridgehead atoms. The van der Waals surface area contributed by atoms with Crippen LogP contribution >= 0.6 is 11.6 Å². The van der Waals surface area contributed by atoms with Crippen LogP contribution in [0.15, 0.2) is 18.2 Å². The van der Waals surface area contributed by atoms with Crippen molar-refractivity contribution in [3.8, 4) is 6.07 Å². The zero-order chi connectivity index (χ0) is 18.8. The van der Waals surface area contributed by atoms with E-state index in [9.17, 15) is 9.59 Å². The van der Waals surface area contributed by atoms with Gasteiger partial charge in [0.25, 0.3) is 0 Å². The van der Waals surface area contributed by atoms with Gasteiger partial charge in [0, 0.05) is 10.4 Å². The molecule has 0 fully saturated rings. The predicted octanol–water partition coefficient (Wildman–Crippen LogP) is 4.32. The van der Waals surface area contributed by atoms with Crippen LogP contribution < -0.4 is 0 Å². The summed E-state index contributed by atoms with van der Waals surface area (Å²) in [6.45, 7) is 7.03. The number of esters is 1. The number of fused-ring (bicyclic) bond motifs is 1. The van der Waals surface area contributed by atoms with Gasteiger partial charge in [0.2, 0.25) is 0 Å². The van der Waals surface area contributed by atoms with Gasteiger partial charge in [-0.15, -0.1) is 0 Å². The van der Waals surface area contributed by atoms with Gasteiger partial charge in [-0.05, 0) is 51.5 Å². The third kappa shape index (κ3) is 4.12. The lowest BCUT2D eigenvalue weighted by molar-refractivity contribution is 0.0454. The Balaban J connectivity index is 2.76. The zero-order valence-corrected chi connectivity index (χ0v) is 15.3. The van der Waals surface area contributed by atoms with Crippen LogP contribution in [-0.2, 0) is 15.9 Å². The molecule has 0 amide bonds. The van der Waals surface area contributed by atoms with Crippen LogP contribution in [-0.4, -0.2) is 28.8 Å². The molecule has 0 atom stereocenters. The molecule has 0 unspecified atom stereocenters. The highest BCUT2D eigenvalue weighted by Gasteiger charge is 2.27. The smallest absolute Gasteiger partial charge is 0.419 e. The summed E-state index contributed by atoms with van der Waals surface area (Å²) in [5.41, 5.74) is 0.240. The van der Waals surface area contributed by atoms with E-state index in [1.807, 2.05) is 6.07 Å². The van der Waals surface area contributed by atoms with Crippen molar-refractivity contribution >= 4 is 34.6 Å². The first-order valence-corrected chi connectivity index (χ1v) is 8.17. The van der Waals surface area contributed by atoms with E-state index in [2.05, 4.69) is 0 Å². The molecule has 0 aliphatic heterocycles. The summed E-state index contributed by atoms with van der Waals surface area (Å²) in [5, 5.41) is 10.0. The number of aromatic nitrogens is 1. The van der Waals surface area contributed by atoms with Crippen LogP contribution in [0.4, 0.5) is 4.79 Å². The Kier molecular flexibility index (Phi) is 5.39. The van der Waals surface area contributed by atoms with E-state index >= 15 is 0 Å². The Hall–Kier alpha value is -2.52. The minimum atomic E-state index is -0.749.